The molecule has 6 aliphatic rings. The van der Waals surface area contributed by atoms with Crippen molar-refractivity contribution in [3.63, 3.8) is 0 Å². The molecule has 0 radical (unpaired) electrons. The molecule has 0 saturated carbocycles. The van der Waals surface area contributed by atoms with Crippen LogP contribution in [0, 0.1) is 35.5 Å². The van der Waals surface area contributed by atoms with Gasteiger partial charge in [-0.2, -0.15) is 0 Å². The van der Waals surface area contributed by atoms with Crippen LogP contribution in [0.3, 0.4) is 0 Å². The second-order valence-electron chi connectivity index (χ2n) is 15.5. The van der Waals surface area contributed by atoms with Crippen molar-refractivity contribution in [2.75, 3.05) is 26.2 Å². The van der Waals surface area contributed by atoms with Crippen molar-refractivity contribution in [3.05, 3.63) is 69.8 Å². The molecule has 55 heavy (non-hydrogen) atoms. The van der Waals surface area contributed by atoms with Crippen LogP contribution in [-0.2, 0) is 37.0 Å². The number of likely N-dealkylation sites (tertiary alicyclic amines) is 1. The Balaban J connectivity index is 0.000000174. The standard InChI is InChI=1S/C23H25N3O5.C18H17N3O3/c1-23(2,3)31-22(30)25-11-15(12-25)5-4-14-6-7-17-16(10-14)13-26(21(17)29)18-8-9-19(27)24-20(18)28;22-16-6-5-15(17(23)20-16)21-10-13-7-11(1-2-12-8-19-9-12)3-4-14(13)18(21)24/h6-7,10,15,18H,8-9,11-13H2,1-3H3,(H,24,27,28);3-4,7,12,15,19H,5-6,8-10H2,(H,20,22,23). The number of carbonyl (C=O) groups excluding carboxylic acids is 7. The Bertz CT molecular complexity index is 2120. The largest absolute Gasteiger partial charge is 0.444 e. The van der Waals surface area contributed by atoms with E-state index >= 15 is 0 Å². The van der Waals surface area contributed by atoms with Crippen LogP contribution in [0.2, 0.25) is 0 Å². The van der Waals surface area contributed by atoms with Gasteiger partial charge in [-0.3, -0.25) is 39.4 Å². The lowest BCUT2D eigenvalue weighted by molar-refractivity contribution is -0.138. The van der Waals surface area contributed by atoms with E-state index in [1.807, 2.05) is 39.0 Å². The molecule has 2 aromatic rings. The summed E-state index contributed by atoms with van der Waals surface area (Å²) in [7, 11) is 0. The molecule has 4 saturated heterocycles. The second-order valence-corrected chi connectivity index (χ2v) is 15.5. The van der Waals surface area contributed by atoms with E-state index in [0.29, 0.717) is 56.1 Å². The van der Waals surface area contributed by atoms with Gasteiger partial charge in [0.2, 0.25) is 23.6 Å². The fourth-order valence-corrected chi connectivity index (χ4v) is 7.11. The third-order valence-electron chi connectivity index (χ3n) is 10.2. The Morgan fingerprint density at radius 2 is 1.18 bits per heavy atom. The Morgan fingerprint density at radius 1 is 0.709 bits per heavy atom. The molecule has 6 heterocycles. The predicted octanol–water partition coefficient (Wildman–Crippen LogP) is 1.68. The topological polar surface area (TPSA) is 175 Å². The maximum Gasteiger partial charge on any atom is 0.410 e. The van der Waals surface area contributed by atoms with Crippen LogP contribution in [-0.4, -0.2) is 100 Å². The number of carbonyl (C=O) groups is 7. The van der Waals surface area contributed by atoms with Gasteiger partial charge < -0.3 is 24.8 Å². The Hall–Kier alpha value is -5.99. The quantitative estimate of drug-likeness (QED) is 0.305. The van der Waals surface area contributed by atoms with Crippen molar-refractivity contribution < 1.29 is 38.3 Å². The van der Waals surface area contributed by atoms with Crippen molar-refractivity contribution in [1.82, 2.24) is 30.7 Å². The van der Waals surface area contributed by atoms with Crippen LogP contribution in [0.15, 0.2) is 36.4 Å². The molecule has 2 unspecified atom stereocenters. The molecular formula is C41H42N6O8. The van der Waals surface area contributed by atoms with Gasteiger partial charge in [-0.1, -0.05) is 23.7 Å². The minimum absolute atomic E-state index is 0.0855. The van der Waals surface area contributed by atoms with E-state index in [2.05, 4.69) is 39.6 Å². The number of fused-ring (bicyclic) bond motifs is 2. The van der Waals surface area contributed by atoms with E-state index in [-0.39, 0.29) is 54.4 Å². The van der Waals surface area contributed by atoms with Gasteiger partial charge in [-0.25, -0.2) is 4.79 Å². The summed E-state index contributed by atoms with van der Waals surface area (Å²) in [5.74, 6) is 11.4. The van der Waals surface area contributed by atoms with E-state index in [4.69, 9.17) is 4.74 Å². The normalized spacial score (nSPS) is 22.1. The zero-order valence-corrected chi connectivity index (χ0v) is 31.0. The number of ether oxygens (including phenoxy) is 1. The summed E-state index contributed by atoms with van der Waals surface area (Å²) in [6, 6.07) is 9.77. The van der Waals surface area contributed by atoms with E-state index in [1.54, 1.807) is 28.0 Å². The van der Waals surface area contributed by atoms with Crippen molar-refractivity contribution >= 4 is 41.5 Å². The third kappa shape index (κ3) is 8.25. The minimum Gasteiger partial charge on any atom is -0.444 e. The van der Waals surface area contributed by atoms with Gasteiger partial charge in [0.25, 0.3) is 11.8 Å². The summed E-state index contributed by atoms with van der Waals surface area (Å²) in [5, 5.41) is 7.79. The average Bonchev–Trinajstić information content (AvgIpc) is 3.58. The molecule has 284 valence electrons. The number of amides is 7. The van der Waals surface area contributed by atoms with Crippen molar-refractivity contribution in [3.8, 4) is 23.7 Å². The lowest BCUT2D eigenvalue weighted by atomic mass is 10.0. The zero-order chi connectivity index (χ0) is 39.0. The fraction of sp³-hybridized carbons (Fsp3) is 0.439. The van der Waals surface area contributed by atoms with Crippen LogP contribution in [0.4, 0.5) is 4.79 Å². The number of hydrogen-bond donors (Lipinski definition) is 3. The molecule has 14 heteroatoms. The molecule has 0 aliphatic carbocycles. The molecule has 0 aromatic heterocycles. The highest BCUT2D eigenvalue weighted by molar-refractivity contribution is 6.06. The summed E-state index contributed by atoms with van der Waals surface area (Å²) in [6.07, 6.45) is 0.895. The number of nitrogens with one attached hydrogen (secondary N) is 3. The van der Waals surface area contributed by atoms with Crippen LogP contribution in [0.1, 0.15) is 89.4 Å². The highest BCUT2D eigenvalue weighted by Crippen LogP contribution is 2.30. The maximum absolute atomic E-state index is 12.7. The molecule has 7 amide bonds. The van der Waals surface area contributed by atoms with E-state index in [9.17, 15) is 33.6 Å². The van der Waals surface area contributed by atoms with Crippen molar-refractivity contribution in [1.29, 1.82) is 0 Å². The average molecular weight is 747 g/mol. The fourth-order valence-electron chi connectivity index (χ4n) is 7.11. The molecule has 8 rings (SSSR count). The SMILES string of the molecule is CC(C)(C)OC(=O)N1CC(C#Cc2ccc3c(c2)CN(C2CCC(=O)NC2=O)C3=O)C1.O=C1CCC(N2Cc3cc(C#CC4CNC4)ccc3C2=O)C(=O)N1. The van der Waals surface area contributed by atoms with Gasteiger partial charge in [0.15, 0.2) is 0 Å². The molecule has 6 aliphatic heterocycles. The molecule has 14 nitrogen and oxygen atoms in total. The molecule has 4 fully saturated rings. The Kier molecular flexibility index (Phi) is 10.2. The van der Waals surface area contributed by atoms with Gasteiger partial charge in [-0.05, 0) is 81.1 Å². The summed E-state index contributed by atoms with van der Waals surface area (Å²) >= 11 is 0. The van der Waals surface area contributed by atoms with Crippen LogP contribution < -0.4 is 16.0 Å². The van der Waals surface area contributed by atoms with Gasteiger partial charge in [0.05, 0.1) is 5.92 Å². The molecule has 2 atom stereocenters. The number of rotatable bonds is 2. The number of hydrogen-bond acceptors (Lipinski definition) is 9. The first kappa shape index (κ1) is 37.3. The smallest absolute Gasteiger partial charge is 0.410 e. The number of piperidine rings is 2. The van der Waals surface area contributed by atoms with Crippen molar-refractivity contribution in [2.24, 2.45) is 11.8 Å². The molecule has 3 N–H and O–H groups in total. The van der Waals surface area contributed by atoms with E-state index in [0.717, 1.165) is 35.3 Å². The summed E-state index contributed by atoms with van der Waals surface area (Å²) in [5.41, 5.74) is 4.06. The summed E-state index contributed by atoms with van der Waals surface area (Å²) < 4.78 is 5.34. The van der Waals surface area contributed by atoms with Gasteiger partial charge in [0.1, 0.15) is 17.7 Å². The highest BCUT2D eigenvalue weighted by atomic mass is 16.6. The van der Waals surface area contributed by atoms with Crippen LogP contribution in [0.25, 0.3) is 0 Å². The third-order valence-corrected chi connectivity index (χ3v) is 10.2. The lowest BCUT2D eigenvalue weighted by Crippen LogP contribution is -2.52. The molecule has 2 aromatic carbocycles. The first-order chi connectivity index (χ1) is 26.2. The lowest BCUT2D eigenvalue weighted by Gasteiger charge is -2.37. The monoisotopic (exact) mass is 746 g/mol. The number of imide groups is 2. The van der Waals surface area contributed by atoms with Gasteiger partial charge in [0, 0.05) is 80.3 Å². The van der Waals surface area contributed by atoms with Gasteiger partial charge in [-0.15, -0.1) is 0 Å². The van der Waals surface area contributed by atoms with E-state index < -0.39 is 23.6 Å². The number of nitrogens with zero attached hydrogens (tertiary/aromatic N) is 3. The van der Waals surface area contributed by atoms with Crippen molar-refractivity contribution in [2.45, 2.75) is 77.2 Å². The maximum atomic E-state index is 12.7. The zero-order valence-electron chi connectivity index (χ0n) is 31.0. The first-order valence-electron chi connectivity index (χ1n) is 18.5. The second kappa shape index (κ2) is 15.0. The predicted molar refractivity (Wildman–Crippen MR) is 196 cm³/mol. The van der Waals surface area contributed by atoms with E-state index in [1.165, 1.54) is 4.90 Å². The van der Waals surface area contributed by atoms with Crippen LogP contribution >= 0.6 is 0 Å². The summed E-state index contributed by atoms with van der Waals surface area (Å²) in [4.78, 5) is 88.8. The number of benzene rings is 2. The Labute approximate surface area is 318 Å². The first-order valence-corrected chi connectivity index (χ1v) is 18.5. The highest BCUT2D eigenvalue weighted by Gasteiger charge is 2.40. The molecule has 0 bridgehead atoms. The molecular weight excluding hydrogens is 704 g/mol. The molecule has 0 spiro atoms. The Morgan fingerprint density at radius 3 is 1.60 bits per heavy atom. The minimum atomic E-state index is -0.624. The van der Waals surface area contributed by atoms with Crippen LogP contribution in [0.5, 0.6) is 0 Å². The van der Waals surface area contributed by atoms with Gasteiger partial charge >= 0.3 is 6.09 Å². The summed E-state index contributed by atoms with van der Waals surface area (Å²) in [6.45, 7) is 9.15.